The summed E-state index contributed by atoms with van der Waals surface area (Å²) in [5, 5.41) is 12.4. The number of carbonyl (C=O) groups is 1. The highest BCUT2D eigenvalue weighted by Crippen LogP contribution is 2.25. The summed E-state index contributed by atoms with van der Waals surface area (Å²) < 4.78 is 7.25. The van der Waals surface area contributed by atoms with E-state index in [1.165, 1.54) is 23.1 Å². The van der Waals surface area contributed by atoms with E-state index in [1.54, 1.807) is 18.4 Å². The van der Waals surface area contributed by atoms with Gasteiger partial charge in [0.1, 0.15) is 0 Å². The van der Waals surface area contributed by atoms with Gasteiger partial charge in [-0.1, -0.05) is 17.8 Å². The Labute approximate surface area is 153 Å². The minimum absolute atomic E-state index is 0.133. The average molecular weight is 375 g/mol. The highest BCUT2D eigenvalue weighted by molar-refractivity contribution is 7.99. The molecule has 0 aromatic carbocycles. The van der Waals surface area contributed by atoms with E-state index in [0.717, 1.165) is 10.6 Å². The number of nitrogens with zero attached hydrogens (tertiary/aromatic N) is 4. The molecular formula is C16H17N5O2S2. The lowest BCUT2D eigenvalue weighted by Gasteiger charge is -2.06. The van der Waals surface area contributed by atoms with Crippen LogP contribution in [0.4, 0.5) is 5.13 Å². The molecule has 3 aromatic heterocycles. The normalized spacial score (nSPS) is 10.8. The van der Waals surface area contributed by atoms with Crippen LogP contribution in [0.3, 0.4) is 0 Å². The van der Waals surface area contributed by atoms with Crippen molar-refractivity contribution in [3.8, 4) is 11.6 Å². The number of aromatic nitrogens is 4. The number of anilines is 1. The first-order valence-corrected chi connectivity index (χ1v) is 9.33. The van der Waals surface area contributed by atoms with Gasteiger partial charge in [0.15, 0.2) is 16.0 Å². The summed E-state index contributed by atoms with van der Waals surface area (Å²) in [6, 6.07) is 3.61. The lowest BCUT2D eigenvalue weighted by atomic mass is 10.4. The van der Waals surface area contributed by atoms with E-state index >= 15 is 0 Å². The number of furan rings is 1. The van der Waals surface area contributed by atoms with E-state index < -0.39 is 0 Å². The van der Waals surface area contributed by atoms with Crippen LogP contribution in [0.5, 0.6) is 0 Å². The molecule has 3 aromatic rings. The molecule has 0 radical (unpaired) electrons. The van der Waals surface area contributed by atoms with Crippen molar-refractivity contribution in [2.24, 2.45) is 0 Å². The molecule has 0 aliphatic carbocycles. The van der Waals surface area contributed by atoms with Crippen molar-refractivity contribution in [1.29, 1.82) is 0 Å². The van der Waals surface area contributed by atoms with E-state index in [9.17, 15) is 4.79 Å². The molecule has 7 nitrogen and oxygen atoms in total. The first kappa shape index (κ1) is 17.4. The van der Waals surface area contributed by atoms with E-state index in [4.69, 9.17) is 4.42 Å². The average Bonchev–Trinajstić information content (AvgIpc) is 3.28. The van der Waals surface area contributed by atoms with Crippen LogP contribution < -0.4 is 5.32 Å². The van der Waals surface area contributed by atoms with Gasteiger partial charge >= 0.3 is 0 Å². The van der Waals surface area contributed by atoms with Gasteiger partial charge in [0.2, 0.25) is 11.7 Å². The number of thiazole rings is 1. The molecule has 0 atom stereocenters. The molecule has 1 amide bonds. The topological polar surface area (TPSA) is 85.8 Å². The van der Waals surface area contributed by atoms with Crippen molar-refractivity contribution in [2.75, 3.05) is 11.1 Å². The second kappa shape index (κ2) is 7.66. The number of aryl methyl sites for hydroxylation is 2. The Kier molecular flexibility index (Phi) is 5.34. The van der Waals surface area contributed by atoms with Crippen molar-refractivity contribution in [3.05, 3.63) is 41.6 Å². The molecule has 0 aliphatic heterocycles. The number of nitrogens with one attached hydrogen (secondary N) is 1. The summed E-state index contributed by atoms with van der Waals surface area (Å²) in [5.74, 6) is 1.32. The van der Waals surface area contributed by atoms with Crippen molar-refractivity contribution in [3.63, 3.8) is 0 Å². The minimum atomic E-state index is -0.133. The maximum atomic E-state index is 12.1. The van der Waals surface area contributed by atoms with Crippen LogP contribution in [0.1, 0.15) is 10.6 Å². The molecule has 0 aliphatic rings. The van der Waals surface area contributed by atoms with Crippen LogP contribution in [0.2, 0.25) is 0 Å². The van der Waals surface area contributed by atoms with Crippen LogP contribution >= 0.6 is 23.1 Å². The molecule has 3 rings (SSSR count). The van der Waals surface area contributed by atoms with Crippen LogP contribution in [0.15, 0.2) is 40.6 Å². The molecule has 0 saturated heterocycles. The van der Waals surface area contributed by atoms with E-state index in [-0.39, 0.29) is 11.7 Å². The largest absolute Gasteiger partial charge is 0.461 e. The van der Waals surface area contributed by atoms with E-state index in [2.05, 4.69) is 27.1 Å². The lowest BCUT2D eigenvalue weighted by molar-refractivity contribution is -0.113. The van der Waals surface area contributed by atoms with Gasteiger partial charge in [-0.25, -0.2) is 4.98 Å². The van der Waals surface area contributed by atoms with Gasteiger partial charge in [0.05, 0.1) is 17.7 Å². The molecule has 9 heteroatoms. The molecule has 25 heavy (non-hydrogen) atoms. The SMILES string of the molecule is C=CCn1c(SCC(=O)Nc2nc(C)c(C)s2)nnc1-c1ccco1. The van der Waals surface area contributed by atoms with Crippen LogP contribution in [-0.4, -0.2) is 31.4 Å². The van der Waals surface area contributed by atoms with E-state index in [0.29, 0.717) is 28.4 Å². The Bertz CT molecular complexity index is 863. The van der Waals surface area contributed by atoms with Crippen LogP contribution in [-0.2, 0) is 11.3 Å². The fourth-order valence-corrected chi connectivity index (χ4v) is 3.67. The summed E-state index contributed by atoms with van der Waals surface area (Å²) in [6.45, 7) is 8.18. The Morgan fingerprint density at radius 2 is 2.32 bits per heavy atom. The zero-order valence-electron chi connectivity index (χ0n) is 13.9. The lowest BCUT2D eigenvalue weighted by Crippen LogP contribution is -2.14. The number of carbonyl (C=O) groups excluding carboxylic acids is 1. The molecule has 0 saturated carbocycles. The molecule has 1 N–H and O–H groups in total. The van der Waals surface area contributed by atoms with Gasteiger partial charge in [-0.15, -0.1) is 28.1 Å². The molecule has 0 fully saturated rings. The van der Waals surface area contributed by atoms with Gasteiger partial charge in [-0.2, -0.15) is 0 Å². The summed E-state index contributed by atoms with van der Waals surface area (Å²) in [5.41, 5.74) is 0.932. The monoisotopic (exact) mass is 375 g/mol. The number of rotatable bonds is 7. The molecule has 0 unspecified atom stereocenters. The smallest absolute Gasteiger partial charge is 0.236 e. The van der Waals surface area contributed by atoms with Crippen molar-refractivity contribution in [1.82, 2.24) is 19.7 Å². The second-order valence-corrected chi connectivity index (χ2v) is 7.33. The molecule has 130 valence electrons. The quantitative estimate of drug-likeness (QED) is 0.502. The molecule has 0 bridgehead atoms. The Morgan fingerprint density at radius 3 is 2.96 bits per heavy atom. The highest BCUT2D eigenvalue weighted by Gasteiger charge is 2.17. The first-order valence-electron chi connectivity index (χ1n) is 7.53. The fraction of sp³-hybridized carbons (Fsp3) is 0.250. The van der Waals surface area contributed by atoms with Gasteiger partial charge in [-0.3, -0.25) is 9.36 Å². The first-order chi connectivity index (χ1) is 12.1. The Morgan fingerprint density at radius 1 is 1.48 bits per heavy atom. The van der Waals surface area contributed by atoms with Crippen LogP contribution in [0, 0.1) is 13.8 Å². The zero-order chi connectivity index (χ0) is 17.8. The molecule has 3 heterocycles. The number of hydrogen-bond acceptors (Lipinski definition) is 7. The second-order valence-electron chi connectivity index (χ2n) is 5.18. The van der Waals surface area contributed by atoms with Gasteiger partial charge < -0.3 is 9.73 Å². The fourth-order valence-electron chi connectivity index (χ4n) is 2.09. The summed E-state index contributed by atoms with van der Waals surface area (Å²) in [7, 11) is 0. The maximum absolute atomic E-state index is 12.1. The van der Waals surface area contributed by atoms with Crippen molar-refractivity contribution >= 4 is 34.1 Å². The number of allylic oxidation sites excluding steroid dienone is 1. The molecule has 0 spiro atoms. The number of hydrogen-bond donors (Lipinski definition) is 1. The third-order valence-electron chi connectivity index (χ3n) is 3.38. The van der Waals surface area contributed by atoms with E-state index in [1.807, 2.05) is 24.5 Å². The van der Waals surface area contributed by atoms with Crippen molar-refractivity contribution in [2.45, 2.75) is 25.5 Å². The predicted octanol–water partition coefficient (Wildman–Crippen LogP) is 3.53. The van der Waals surface area contributed by atoms with Gasteiger partial charge in [0, 0.05) is 11.4 Å². The summed E-state index contributed by atoms with van der Waals surface area (Å²) in [4.78, 5) is 17.6. The summed E-state index contributed by atoms with van der Waals surface area (Å²) >= 11 is 2.78. The van der Waals surface area contributed by atoms with Gasteiger partial charge in [-0.05, 0) is 26.0 Å². The standard InChI is InChI=1S/C16H17N5O2S2/c1-4-7-21-14(12-6-5-8-23-12)19-20-16(21)24-9-13(22)18-15-17-10(2)11(3)25-15/h4-6,8H,1,7,9H2,2-3H3,(H,17,18,22). The third-order valence-corrected chi connectivity index (χ3v) is 5.33. The summed E-state index contributed by atoms with van der Waals surface area (Å²) in [6.07, 6.45) is 3.33. The zero-order valence-corrected chi connectivity index (χ0v) is 15.5. The maximum Gasteiger partial charge on any atom is 0.236 e. The van der Waals surface area contributed by atoms with Gasteiger partial charge in [0.25, 0.3) is 0 Å². The highest BCUT2D eigenvalue weighted by atomic mass is 32.2. The Hall–Kier alpha value is -2.39. The minimum Gasteiger partial charge on any atom is -0.461 e. The third kappa shape index (κ3) is 3.99. The predicted molar refractivity (Wildman–Crippen MR) is 98.9 cm³/mol. The number of thioether (sulfide) groups is 1. The Balaban J connectivity index is 1.68. The molecular weight excluding hydrogens is 358 g/mol. The van der Waals surface area contributed by atoms with Crippen LogP contribution in [0.25, 0.3) is 11.6 Å². The number of amides is 1. The van der Waals surface area contributed by atoms with Crippen molar-refractivity contribution < 1.29 is 9.21 Å².